The molecule has 0 radical (unpaired) electrons. The number of hydrogen-bond acceptors (Lipinski definition) is 12. The number of nitrogens with zero attached hydrogens (tertiary/aromatic N) is 2. The molecule has 0 bridgehead atoms. The van der Waals surface area contributed by atoms with Crippen molar-refractivity contribution in [1.29, 1.82) is 0 Å². The monoisotopic (exact) mass is 577 g/mol. The molecule has 13 nitrogen and oxygen atoms in total. The number of benzene rings is 1. The molecule has 1 aromatic carbocycles. The number of ether oxygens (including phenoxy) is 6. The summed E-state index contributed by atoms with van der Waals surface area (Å²) in [6, 6.07) is 3.87. The van der Waals surface area contributed by atoms with Gasteiger partial charge in [0.05, 0.1) is 83.2 Å². The highest BCUT2D eigenvalue weighted by Gasteiger charge is 2.46. The molecule has 0 aromatic heterocycles. The molecule has 1 fully saturated rings. The van der Waals surface area contributed by atoms with Gasteiger partial charge in [-0.3, -0.25) is 14.5 Å². The van der Waals surface area contributed by atoms with Gasteiger partial charge < -0.3 is 44.1 Å². The number of hydroxylamine groups is 2. The molecule has 2 unspecified atom stereocenters. The SMILES string of the molecule is CNCCOCCOCCOCCOCCOCCOc1ccc2c(c1)C(=O)N(C1CCN(O)C1O)C2=O.Cl. The number of aliphatic hydroxyl groups excluding tert-OH is 1. The van der Waals surface area contributed by atoms with Gasteiger partial charge in [0.1, 0.15) is 18.6 Å². The van der Waals surface area contributed by atoms with Crippen molar-refractivity contribution in [2.45, 2.75) is 18.7 Å². The minimum Gasteiger partial charge on any atom is -0.491 e. The van der Waals surface area contributed by atoms with Gasteiger partial charge >= 0.3 is 0 Å². The number of amides is 2. The van der Waals surface area contributed by atoms with Crippen LogP contribution in [0.2, 0.25) is 0 Å². The van der Waals surface area contributed by atoms with E-state index in [-0.39, 0.29) is 36.7 Å². The second-order valence-corrected chi connectivity index (χ2v) is 8.63. The first-order valence-corrected chi connectivity index (χ1v) is 12.9. The number of nitrogens with one attached hydrogen (secondary N) is 1. The summed E-state index contributed by atoms with van der Waals surface area (Å²) < 4.78 is 32.8. The highest BCUT2D eigenvalue weighted by molar-refractivity contribution is 6.21. The lowest BCUT2D eigenvalue weighted by atomic mass is 10.1. The molecule has 2 aliphatic heterocycles. The molecule has 2 atom stereocenters. The van der Waals surface area contributed by atoms with Crippen molar-refractivity contribution in [1.82, 2.24) is 15.3 Å². The van der Waals surface area contributed by atoms with E-state index < -0.39 is 24.1 Å². The first-order chi connectivity index (χ1) is 18.5. The van der Waals surface area contributed by atoms with Crippen molar-refractivity contribution in [2.75, 3.05) is 92.8 Å². The zero-order valence-electron chi connectivity index (χ0n) is 22.2. The van der Waals surface area contributed by atoms with Gasteiger partial charge in [0.2, 0.25) is 0 Å². The fourth-order valence-corrected chi connectivity index (χ4v) is 4.01. The number of rotatable bonds is 20. The second kappa shape index (κ2) is 18.4. The molecule has 2 amide bonds. The summed E-state index contributed by atoms with van der Waals surface area (Å²) in [5, 5.41) is 23.4. The normalized spacial score (nSPS) is 19.0. The third-order valence-corrected chi connectivity index (χ3v) is 6.01. The van der Waals surface area contributed by atoms with E-state index >= 15 is 0 Å². The Morgan fingerprint density at radius 1 is 0.821 bits per heavy atom. The Bertz CT molecular complexity index is 881. The van der Waals surface area contributed by atoms with Gasteiger partial charge in [-0.05, 0) is 31.7 Å². The van der Waals surface area contributed by atoms with Crippen LogP contribution in [0.5, 0.6) is 5.75 Å². The lowest BCUT2D eigenvalue weighted by Crippen LogP contribution is -2.47. The first kappa shape index (κ1) is 33.3. The fraction of sp³-hybridized carbons (Fsp3) is 0.680. The first-order valence-electron chi connectivity index (χ1n) is 12.9. The van der Waals surface area contributed by atoms with Crippen LogP contribution < -0.4 is 10.1 Å². The van der Waals surface area contributed by atoms with Crippen molar-refractivity contribution in [3.8, 4) is 5.75 Å². The van der Waals surface area contributed by atoms with Crippen LogP contribution in [0, 0.1) is 0 Å². The average molecular weight is 578 g/mol. The number of halogens is 1. The Labute approximate surface area is 234 Å². The van der Waals surface area contributed by atoms with E-state index in [4.69, 9.17) is 28.4 Å². The Balaban J connectivity index is 0.00000533. The van der Waals surface area contributed by atoms with Crippen molar-refractivity contribution in [3.05, 3.63) is 29.3 Å². The summed E-state index contributed by atoms with van der Waals surface area (Å²) in [5.74, 6) is -0.561. The Morgan fingerprint density at radius 2 is 1.33 bits per heavy atom. The van der Waals surface area contributed by atoms with Crippen LogP contribution in [0.15, 0.2) is 18.2 Å². The number of carbonyl (C=O) groups excluding carboxylic acids is 2. The molecule has 3 N–H and O–H groups in total. The second-order valence-electron chi connectivity index (χ2n) is 8.63. The minimum absolute atomic E-state index is 0. The largest absolute Gasteiger partial charge is 0.491 e. The van der Waals surface area contributed by atoms with Gasteiger partial charge in [0.15, 0.2) is 0 Å². The lowest BCUT2D eigenvalue weighted by molar-refractivity contribution is -0.179. The number of fused-ring (bicyclic) bond motifs is 1. The molecular weight excluding hydrogens is 538 g/mol. The smallest absolute Gasteiger partial charge is 0.262 e. The summed E-state index contributed by atoms with van der Waals surface area (Å²) in [4.78, 5) is 26.5. The van der Waals surface area contributed by atoms with Crippen LogP contribution in [0.4, 0.5) is 0 Å². The molecule has 3 rings (SSSR count). The number of carbonyl (C=O) groups is 2. The van der Waals surface area contributed by atoms with Crippen LogP contribution in [0.3, 0.4) is 0 Å². The standard InChI is InChI=1S/C25H39N3O10.ClH/c1-26-5-7-33-8-9-34-10-11-35-12-13-36-14-15-37-16-17-38-19-2-3-20-21(18-19)24(30)28(23(20)29)22-4-6-27(32)25(22)31;/h2-3,18,22,25-26,31-32H,4-17H2,1H3;1H. The highest BCUT2D eigenvalue weighted by atomic mass is 35.5. The number of aliphatic hydroxyl groups is 1. The van der Waals surface area contributed by atoms with Crippen LogP contribution in [0.1, 0.15) is 27.1 Å². The van der Waals surface area contributed by atoms with Gasteiger partial charge in [0.25, 0.3) is 11.8 Å². The maximum atomic E-state index is 12.8. The third-order valence-electron chi connectivity index (χ3n) is 6.01. The molecule has 222 valence electrons. The predicted octanol–water partition coefficient (Wildman–Crippen LogP) is 0.168. The van der Waals surface area contributed by atoms with Crippen LogP contribution in [0.25, 0.3) is 0 Å². The maximum Gasteiger partial charge on any atom is 0.262 e. The minimum atomic E-state index is -1.30. The van der Waals surface area contributed by atoms with Crippen molar-refractivity contribution >= 4 is 24.2 Å². The number of hydrogen-bond donors (Lipinski definition) is 3. The number of imide groups is 1. The highest BCUT2D eigenvalue weighted by Crippen LogP contribution is 2.32. The van der Waals surface area contributed by atoms with Crippen LogP contribution >= 0.6 is 12.4 Å². The zero-order valence-corrected chi connectivity index (χ0v) is 23.1. The molecule has 0 aliphatic carbocycles. The molecule has 1 aromatic rings. The summed E-state index contributed by atoms with van der Waals surface area (Å²) >= 11 is 0. The average Bonchev–Trinajstić information content (AvgIpc) is 3.37. The van der Waals surface area contributed by atoms with Crippen molar-refractivity contribution in [3.63, 3.8) is 0 Å². The van der Waals surface area contributed by atoms with E-state index in [1.165, 1.54) is 12.1 Å². The van der Waals surface area contributed by atoms with E-state index in [0.29, 0.717) is 78.2 Å². The van der Waals surface area contributed by atoms with Gasteiger partial charge in [-0.15, -0.1) is 12.4 Å². The van der Waals surface area contributed by atoms with Crippen LogP contribution in [-0.2, 0) is 23.7 Å². The van der Waals surface area contributed by atoms with Gasteiger partial charge in [0, 0.05) is 13.1 Å². The zero-order chi connectivity index (χ0) is 27.2. The maximum absolute atomic E-state index is 12.8. The van der Waals surface area contributed by atoms with Gasteiger partial charge in [-0.2, -0.15) is 5.06 Å². The topological polar surface area (TPSA) is 148 Å². The summed E-state index contributed by atoms with van der Waals surface area (Å²) in [5.41, 5.74) is 0.467. The Kier molecular flexibility index (Phi) is 15.7. The van der Waals surface area contributed by atoms with E-state index in [9.17, 15) is 19.9 Å². The molecule has 0 saturated carbocycles. The van der Waals surface area contributed by atoms with Crippen molar-refractivity contribution in [2.24, 2.45) is 0 Å². The molecule has 1 saturated heterocycles. The molecule has 2 aliphatic rings. The Hall–Kier alpha value is -1.91. The molecule has 2 heterocycles. The summed E-state index contributed by atoms with van der Waals surface area (Å²) in [6.45, 7) is 6.13. The summed E-state index contributed by atoms with van der Waals surface area (Å²) in [7, 11) is 1.88. The molecule has 14 heteroatoms. The van der Waals surface area contributed by atoms with Gasteiger partial charge in [-0.25, -0.2) is 0 Å². The molecular formula is C25H40ClN3O10. The third kappa shape index (κ3) is 10.2. The predicted molar refractivity (Wildman–Crippen MR) is 141 cm³/mol. The number of likely N-dealkylation sites (N-methyl/N-ethyl adjacent to an activating group) is 1. The van der Waals surface area contributed by atoms with E-state index in [1.807, 2.05) is 7.05 Å². The van der Waals surface area contributed by atoms with Crippen molar-refractivity contribution < 1.29 is 48.3 Å². The van der Waals surface area contributed by atoms with Gasteiger partial charge in [-0.1, -0.05) is 0 Å². The fourth-order valence-electron chi connectivity index (χ4n) is 4.01. The quantitative estimate of drug-likeness (QED) is 0.143. The van der Waals surface area contributed by atoms with Crippen LogP contribution in [-0.4, -0.2) is 137 Å². The Morgan fingerprint density at radius 3 is 1.85 bits per heavy atom. The molecule has 39 heavy (non-hydrogen) atoms. The lowest BCUT2D eigenvalue weighted by Gasteiger charge is -2.25. The van der Waals surface area contributed by atoms with E-state index in [0.717, 1.165) is 16.5 Å². The van der Waals surface area contributed by atoms with E-state index in [2.05, 4.69) is 5.32 Å². The summed E-state index contributed by atoms with van der Waals surface area (Å²) in [6.07, 6.45) is -1.01. The van der Waals surface area contributed by atoms with E-state index in [1.54, 1.807) is 6.07 Å². The molecule has 0 spiro atoms.